The van der Waals surface area contributed by atoms with Crippen molar-refractivity contribution in [2.75, 3.05) is 9.80 Å². The number of benzene rings is 9. The fourth-order valence-electron chi connectivity index (χ4n) is 8.38. The van der Waals surface area contributed by atoms with E-state index in [1.807, 2.05) is 0 Å². The molecule has 0 unspecified atom stereocenters. The SMILES string of the molecule is C1=CCc2c(cc(N(c3ccccc3)c3ccc(C=Cc4ccc(N(c5ccccc5)c5cc6ccccc6c6ccccc56)cc4)cc3)c3ccccc23)C1. The molecule has 0 spiro atoms. The van der Waals surface area contributed by atoms with E-state index in [1.54, 1.807) is 0 Å². The third-order valence-electron chi connectivity index (χ3n) is 11.1. The minimum Gasteiger partial charge on any atom is -0.310 e. The lowest BCUT2D eigenvalue weighted by atomic mass is 9.90. The van der Waals surface area contributed by atoms with Crippen LogP contribution < -0.4 is 9.80 Å². The molecule has 0 atom stereocenters. The van der Waals surface area contributed by atoms with Crippen molar-refractivity contribution < 1.29 is 0 Å². The van der Waals surface area contributed by atoms with Gasteiger partial charge in [0.15, 0.2) is 0 Å². The van der Waals surface area contributed by atoms with Gasteiger partial charge in [0.05, 0.1) is 11.4 Å². The van der Waals surface area contributed by atoms with Gasteiger partial charge in [-0.2, -0.15) is 0 Å². The van der Waals surface area contributed by atoms with Crippen molar-refractivity contribution in [3.8, 4) is 0 Å². The molecule has 266 valence electrons. The van der Waals surface area contributed by atoms with Crippen LogP contribution in [0.25, 0.3) is 44.5 Å². The topological polar surface area (TPSA) is 6.48 Å². The summed E-state index contributed by atoms with van der Waals surface area (Å²) in [5.41, 5.74) is 12.1. The molecule has 0 bridgehead atoms. The molecule has 9 aromatic carbocycles. The van der Waals surface area contributed by atoms with Crippen LogP contribution in [0.15, 0.2) is 206 Å². The Hall–Kier alpha value is -7.16. The molecule has 2 nitrogen and oxygen atoms in total. The first-order valence-electron chi connectivity index (χ1n) is 19.5. The lowest BCUT2D eigenvalue weighted by molar-refractivity contribution is 1.11. The van der Waals surface area contributed by atoms with Crippen molar-refractivity contribution in [3.05, 3.63) is 229 Å². The summed E-state index contributed by atoms with van der Waals surface area (Å²) in [6, 6.07) is 70.3. The second-order valence-electron chi connectivity index (χ2n) is 14.5. The summed E-state index contributed by atoms with van der Waals surface area (Å²) in [7, 11) is 0. The van der Waals surface area contributed by atoms with Crippen molar-refractivity contribution in [1.29, 1.82) is 0 Å². The van der Waals surface area contributed by atoms with Crippen LogP contribution in [0.4, 0.5) is 34.1 Å². The van der Waals surface area contributed by atoms with Gasteiger partial charge in [0.1, 0.15) is 0 Å². The maximum Gasteiger partial charge on any atom is 0.0546 e. The van der Waals surface area contributed by atoms with E-state index in [0.717, 1.165) is 46.7 Å². The Morgan fingerprint density at radius 1 is 0.339 bits per heavy atom. The number of rotatable bonds is 8. The average molecular weight is 717 g/mol. The summed E-state index contributed by atoms with van der Waals surface area (Å²) in [6.45, 7) is 0. The van der Waals surface area contributed by atoms with Gasteiger partial charge in [0, 0.05) is 33.5 Å². The Labute approximate surface area is 328 Å². The largest absolute Gasteiger partial charge is 0.310 e. The highest BCUT2D eigenvalue weighted by molar-refractivity contribution is 6.14. The highest BCUT2D eigenvalue weighted by Crippen LogP contribution is 2.43. The summed E-state index contributed by atoms with van der Waals surface area (Å²) in [5, 5.41) is 7.60. The molecule has 1 aliphatic rings. The van der Waals surface area contributed by atoms with Gasteiger partial charge >= 0.3 is 0 Å². The van der Waals surface area contributed by atoms with Crippen LogP contribution >= 0.6 is 0 Å². The molecular formula is C54H40N2. The normalized spacial score (nSPS) is 12.4. The van der Waals surface area contributed by atoms with E-state index in [2.05, 4.69) is 228 Å². The predicted octanol–water partition coefficient (Wildman–Crippen LogP) is 14.9. The Balaban J connectivity index is 0.974. The first kappa shape index (κ1) is 33.4. The van der Waals surface area contributed by atoms with Gasteiger partial charge < -0.3 is 9.80 Å². The van der Waals surface area contributed by atoms with E-state index in [1.165, 1.54) is 54.8 Å². The van der Waals surface area contributed by atoms with Crippen LogP contribution in [0.5, 0.6) is 0 Å². The van der Waals surface area contributed by atoms with E-state index in [4.69, 9.17) is 0 Å². The summed E-state index contributed by atoms with van der Waals surface area (Å²) >= 11 is 0. The number of hydrogen-bond donors (Lipinski definition) is 0. The standard InChI is InChI=1S/C54H40N2/c1-3-17-43(18-4-1)55(53-37-41-15-7-9-21-47(41)49-23-11-13-25-51(49)53)45-33-29-39(30-34-45)27-28-40-31-35-46(36-32-40)56(44-19-5-2-6-20-44)54-38-42-16-8-10-22-48(42)50-24-12-14-26-52(50)54/h1-15,17-21,23-38H,16,22H2. The zero-order chi connectivity index (χ0) is 37.3. The van der Waals surface area contributed by atoms with Crippen LogP contribution in [0.2, 0.25) is 0 Å². The third kappa shape index (κ3) is 6.22. The lowest BCUT2D eigenvalue weighted by Gasteiger charge is -2.29. The fourth-order valence-corrected chi connectivity index (χ4v) is 8.38. The maximum atomic E-state index is 2.41. The Morgan fingerprint density at radius 2 is 0.768 bits per heavy atom. The minimum absolute atomic E-state index is 0.963. The molecule has 0 saturated carbocycles. The Bertz CT molecular complexity index is 2890. The average Bonchev–Trinajstić information content (AvgIpc) is 3.27. The molecule has 0 aliphatic heterocycles. The molecule has 0 fully saturated rings. The number of hydrogen-bond acceptors (Lipinski definition) is 2. The highest BCUT2D eigenvalue weighted by atomic mass is 15.1. The number of allylic oxidation sites excluding steroid dienone is 2. The molecule has 2 heteroatoms. The molecule has 0 aromatic heterocycles. The van der Waals surface area contributed by atoms with Gasteiger partial charge in [0.2, 0.25) is 0 Å². The zero-order valence-corrected chi connectivity index (χ0v) is 31.1. The smallest absolute Gasteiger partial charge is 0.0546 e. The number of nitrogens with zero attached hydrogens (tertiary/aromatic N) is 2. The molecule has 0 N–H and O–H groups in total. The van der Waals surface area contributed by atoms with E-state index in [0.29, 0.717) is 0 Å². The first-order chi connectivity index (χ1) is 27.8. The summed E-state index contributed by atoms with van der Waals surface area (Å²) in [6.07, 6.45) is 11.0. The number of fused-ring (bicyclic) bond motifs is 6. The minimum atomic E-state index is 0.963. The van der Waals surface area contributed by atoms with E-state index in [9.17, 15) is 0 Å². The quantitative estimate of drug-likeness (QED) is 0.0877. The summed E-state index contributed by atoms with van der Waals surface area (Å²) < 4.78 is 0. The van der Waals surface area contributed by atoms with Crippen LogP contribution in [-0.4, -0.2) is 0 Å². The van der Waals surface area contributed by atoms with Gasteiger partial charge in [0.25, 0.3) is 0 Å². The molecular weight excluding hydrogens is 677 g/mol. The molecule has 0 heterocycles. The molecule has 0 saturated heterocycles. The summed E-state index contributed by atoms with van der Waals surface area (Å²) in [5.74, 6) is 0. The van der Waals surface area contributed by atoms with Crippen LogP contribution in [0, 0.1) is 0 Å². The third-order valence-corrected chi connectivity index (χ3v) is 11.1. The van der Waals surface area contributed by atoms with Gasteiger partial charge in [-0.05, 0) is 117 Å². The van der Waals surface area contributed by atoms with Crippen molar-refractivity contribution in [3.63, 3.8) is 0 Å². The zero-order valence-electron chi connectivity index (χ0n) is 31.1. The van der Waals surface area contributed by atoms with Gasteiger partial charge in [-0.25, -0.2) is 0 Å². The number of anilines is 6. The van der Waals surface area contributed by atoms with Crippen LogP contribution in [-0.2, 0) is 12.8 Å². The molecule has 0 amide bonds. The van der Waals surface area contributed by atoms with E-state index < -0.39 is 0 Å². The molecule has 0 radical (unpaired) electrons. The molecule has 1 aliphatic carbocycles. The van der Waals surface area contributed by atoms with Crippen LogP contribution in [0.1, 0.15) is 22.3 Å². The molecule has 9 aromatic rings. The summed E-state index contributed by atoms with van der Waals surface area (Å²) in [4.78, 5) is 4.78. The maximum absolute atomic E-state index is 2.41. The predicted molar refractivity (Wildman–Crippen MR) is 240 cm³/mol. The van der Waals surface area contributed by atoms with Crippen molar-refractivity contribution >= 4 is 78.6 Å². The second kappa shape index (κ2) is 14.6. The fraction of sp³-hybridized carbons (Fsp3) is 0.0370. The first-order valence-corrected chi connectivity index (χ1v) is 19.5. The van der Waals surface area contributed by atoms with Gasteiger partial charge in [-0.15, -0.1) is 0 Å². The van der Waals surface area contributed by atoms with Gasteiger partial charge in [-0.3, -0.25) is 0 Å². The molecule has 56 heavy (non-hydrogen) atoms. The molecule has 10 rings (SSSR count). The van der Waals surface area contributed by atoms with Crippen molar-refractivity contribution in [1.82, 2.24) is 0 Å². The van der Waals surface area contributed by atoms with E-state index in [-0.39, 0.29) is 0 Å². The lowest BCUT2D eigenvalue weighted by Crippen LogP contribution is -2.12. The van der Waals surface area contributed by atoms with E-state index >= 15 is 0 Å². The number of para-hydroxylation sites is 2. The van der Waals surface area contributed by atoms with Crippen molar-refractivity contribution in [2.24, 2.45) is 0 Å². The van der Waals surface area contributed by atoms with Crippen molar-refractivity contribution in [2.45, 2.75) is 12.8 Å². The Kier molecular flexibility index (Phi) is 8.70. The Morgan fingerprint density at radius 3 is 1.36 bits per heavy atom. The monoisotopic (exact) mass is 716 g/mol. The second-order valence-corrected chi connectivity index (χ2v) is 14.5. The van der Waals surface area contributed by atoms with Crippen LogP contribution in [0.3, 0.4) is 0 Å². The van der Waals surface area contributed by atoms with Gasteiger partial charge in [-0.1, -0.05) is 158 Å². The highest BCUT2D eigenvalue weighted by Gasteiger charge is 2.20.